The molecule has 0 aromatic heterocycles. The van der Waals surface area contributed by atoms with Crippen LogP contribution in [0.25, 0.3) is 0 Å². The van der Waals surface area contributed by atoms with Crippen LogP contribution in [0.15, 0.2) is 24.3 Å². The van der Waals surface area contributed by atoms with Crippen LogP contribution >= 0.6 is 0 Å². The zero-order valence-corrected chi connectivity index (χ0v) is 22.6. The Morgan fingerprint density at radius 3 is 1.94 bits per heavy atom. The number of esters is 1. The van der Waals surface area contributed by atoms with Crippen molar-refractivity contribution in [1.82, 2.24) is 5.32 Å². The lowest BCUT2D eigenvalue weighted by Crippen LogP contribution is -2.49. The van der Waals surface area contributed by atoms with Gasteiger partial charge in [-0.25, -0.2) is 4.79 Å². The van der Waals surface area contributed by atoms with E-state index in [0.717, 1.165) is 12.1 Å². The van der Waals surface area contributed by atoms with Crippen LogP contribution in [0, 0.1) is 0 Å². The van der Waals surface area contributed by atoms with E-state index in [1.165, 1.54) is 19.2 Å². The molecule has 34 heavy (non-hydrogen) atoms. The Morgan fingerprint density at radius 2 is 1.53 bits per heavy atom. The molecule has 0 aliphatic heterocycles. The van der Waals surface area contributed by atoms with E-state index in [1.54, 1.807) is 20.8 Å². The molecule has 6 nitrogen and oxygen atoms in total. The summed E-state index contributed by atoms with van der Waals surface area (Å²) in [4.78, 5) is 24.5. The number of hydrogen-bond acceptors (Lipinski definition) is 5. The van der Waals surface area contributed by atoms with Crippen molar-refractivity contribution in [1.29, 1.82) is 0 Å². The summed E-state index contributed by atoms with van der Waals surface area (Å²) in [6.07, 6.45) is -5.87. The normalized spacial score (nSPS) is 14.8. The van der Waals surface area contributed by atoms with Crippen LogP contribution in [0.3, 0.4) is 0 Å². The first-order valence-corrected chi connectivity index (χ1v) is 14.1. The van der Waals surface area contributed by atoms with Crippen LogP contribution in [0.4, 0.5) is 18.0 Å². The lowest BCUT2D eigenvalue weighted by molar-refractivity contribution is -0.141. The Bertz CT molecular complexity index is 827. The van der Waals surface area contributed by atoms with Crippen molar-refractivity contribution >= 4 is 20.4 Å². The molecule has 2 atom stereocenters. The summed E-state index contributed by atoms with van der Waals surface area (Å²) in [5.41, 5.74) is -1.08. The van der Waals surface area contributed by atoms with Crippen molar-refractivity contribution in [2.24, 2.45) is 0 Å². The molecule has 0 aliphatic rings. The van der Waals surface area contributed by atoms with Crippen molar-refractivity contribution in [3.05, 3.63) is 35.4 Å². The summed E-state index contributed by atoms with van der Waals surface area (Å²) in [7, 11) is -1.19. The van der Waals surface area contributed by atoms with E-state index in [2.05, 4.69) is 5.32 Å². The molecule has 0 bridgehead atoms. The molecular weight excluding hydrogens is 467 g/mol. The average Bonchev–Trinajstić information content (AvgIpc) is 2.66. The minimum atomic E-state index is -4.48. The Labute approximate surface area is 201 Å². The van der Waals surface area contributed by atoms with E-state index in [4.69, 9.17) is 13.9 Å². The minimum absolute atomic E-state index is 0.0189. The number of halogens is 3. The summed E-state index contributed by atoms with van der Waals surface area (Å²) in [6, 6.07) is 3.93. The lowest BCUT2D eigenvalue weighted by Gasteiger charge is -2.42. The largest absolute Gasteiger partial charge is 0.469 e. The van der Waals surface area contributed by atoms with Gasteiger partial charge in [-0.1, -0.05) is 32.9 Å². The van der Waals surface area contributed by atoms with E-state index in [1.807, 2.05) is 33.9 Å². The molecule has 0 saturated heterocycles. The number of alkyl carbamates (subject to hydrolysis) is 1. The van der Waals surface area contributed by atoms with Gasteiger partial charge in [-0.15, -0.1) is 0 Å². The fraction of sp³-hybridized carbons (Fsp3) is 0.667. The van der Waals surface area contributed by atoms with Crippen LogP contribution in [0.5, 0.6) is 0 Å². The van der Waals surface area contributed by atoms with Crippen molar-refractivity contribution in [2.75, 3.05) is 7.11 Å². The average molecular weight is 506 g/mol. The highest BCUT2D eigenvalue weighted by Crippen LogP contribution is 2.41. The third-order valence-corrected chi connectivity index (χ3v) is 10.2. The molecule has 1 amide bonds. The third kappa shape index (κ3) is 9.29. The highest BCUT2D eigenvalue weighted by atomic mass is 28.4. The summed E-state index contributed by atoms with van der Waals surface area (Å²) >= 11 is 0. The van der Waals surface area contributed by atoms with E-state index in [9.17, 15) is 22.8 Å². The van der Waals surface area contributed by atoms with Crippen LogP contribution in [-0.2, 0) is 24.9 Å². The van der Waals surface area contributed by atoms with Gasteiger partial charge in [-0.2, -0.15) is 13.2 Å². The Hall–Kier alpha value is -2.07. The van der Waals surface area contributed by atoms with E-state index >= 15 is 0 Å². The first-order valence-electron chi connectivity index (χ1n) is 11.2. The van der Waals surface area contributed by atoms with Gasteiger partial charge in [-0.3, -0.25) is 4.79 Å². The molecule has 10 heteroatoms. The molecule has 0 spiro atoms. The molecule has 0 fully saturated rings. The van der Waals surface area contributed by atoms with Crippen molar-refractivity contribution in [2.45, 2.75) is 96.4 Å². The molecule has 0 radical (unpaired) electrons. The van der Waals surface area contributed by atoms with Gasteiger partial charge in [0.15, 0.2) is 8.32 Å². The number of benzene rings is 1. The van der Waals surface area contributed by atoms with Gasteiger partial charge in [0.1, 0.15) is 5.60 Å². The Balaban J connectivity index is 3.46. The molecule has 194 valence electrons. The smallest absolute Gasteiger partial charge is 0.416 e. The number of nitrogens with one attached hydrogen (secondary N) is 1. The zero-order chi connectivity index (χ0) is 26.5. The first kappa shape index (κ1) is 30.0. The number of amides is 1. The minimum Gasteiger partial charge on any atom is -0.469 e. The standard InChI is InChI=1S/C24H38F3NO5Si/c1-22(2,3)32-21(30)28-18(14-15-19(29)31-7)20(33-34(8,9)23(4,5)6)16-10-12-17(13-11-16)24(25,26)27/h10-13,18,20H,14-15H2,1-9H3,(H,28,30)/t18-,20+/m1/s1. The number of carbonyl (C=O) groups is 2. The van der Waals surface area contributed by atoms with Crippen molar-refractivity contribution in [3.8, 4) is 0 Å². The Morgan fingerprint density at radius 1 is 1.00 bits per heavy atom. The summed E-state index contributed by atoms with van der Waals surface area (Å²) in [6.45, 7) is 15.3. The molecule has 0 aliphatic carbocycles. The van der Waals surface area contributed by atoms with Gasteiger partial charge in [0.05, 0.1) is 24.8 Å². The second-order valence-corrected chi connectivity index (χ2v) is 15.5. The van der Waals surface area contributed by atoms with Gasteiger partial charge >= 0.3 is 18.2 Å². The highest BCUT2D eigenvalue weighted by Gasteiger charge is 2.42. The summed E-state index contributed by atoms with van der Waals surface area (Å²) in [5.74, 6) is -0.477. The second kappa shape index (κ2) is 11.1. The number of methoxy groups -OCH3 is 1. The highest BCUT2D eigenvalue weighted by molar-refractivity contribution is 6.74. The Kier molecular flexibility index (Phi) is 9.79. The molecular formula is C24H38F3NO5Si. The van der Waals surface area contributed by atoms with E-state index in [0.29, 0.717) is 5.56 Å². The fourth-order valence-corrected chi connectivity index (χ4v) is 4.16. The lowest BCUT2D eigenvalue weighted by atomic mass is 9.97. The maximum Gasteiger partial charge on any atom is 0.416 e. The number of carbonyl (C=O) groups excluding carboxylic acids is 2. The predicted molar refractivity (Wildman–Crippen MR) is 127 cm³/mol. The van der Waals surface area contributed by atoms with E-state index in [-0.39, 0.29) is 17.9 Å². The van der Waals surface area contributed by atoms with E-state index < -0.39 is 49.9 Å². The van der Waals surface area contributed by atoms with Gasteiger partial charge in [0.2, 0.25) is 0 Å². The molecule has 0 unspecified atom stereocenters. The first-order chi connectivity index (χ1) is 15.3. The second-order valence-electron chi connectivity index (χ2n) is 10.8. The third-order valence-electron chi connectivity index (χ3n) is 5.75. The van der Waals surface area contributed by atoms with Crippen LogP contribution < -0.4 is 5.32 Å². The fourth-order valence-electron chi connectivity index (χ4n) is 2.87. The maximum absolute atomic E-state index is 13.1. The topological polar surface area (TPSA) is 73.9 Å². The van der Waals surface area contributed by atoms with Gasteiger partial charge in [0.25, 0.3) is 0 Å². The van der Waals surface area contributed by atoms with Crippen molar-refractivity contribution < 1.29 is 36.7 Å². The monoisotopic (exact) mass is 505 g/mol. The molecule has 1 aromatic carbocycles. The van der Waals surface area contributed by atoms with Crippen molar-refractivity contribution in [3.63, 3.8) is 0 Å². The van der Waals surface area contributed by atoms with Crippen LogP contribution in [-0.4, -0.2) is 39.1 Å². The van der Waals surface area contributed by atoms with Gasteiger partial charge in [-0.05, 0) is 63.0 Å². The molecule has 1 aromatic rings. The number of hydrogen-bond donors (Lipinski definition) is 1. The molecule has 0 heterocycles. The van der Waals surface area contributed by atoms with Crippen LogP contribution in [0.1, 0.15) is 71.6 Å². The predicted octanol–water partition coefficient (Wildman–Crippen LogP) is 6.61. The molecule has 1 rings (SSSR count). The SMILES string of the molecule is COC(=O)CC[C@@H](NC(=O)OC(C)(C)C)[C@@H](O[Si](C)(C)C(C)(C)C)c1ccc(C(F)(F)F)cc1. The van der Waals surface area contributed by atoms with Gasteiger partial charge < -0.3 is 19.2 Å². The molecule has 1 N–H and O–H groups in total. The van der Waals surface area contributed by atoms with Gasteiger partial charge in [0, 0.05) is 6.42 Å². The number of ether oxygens (including phenoxy) is 2. The number of rotatable bonds is 8. The zero-order valence-electron chi connectivity index (χ0n) is 21.6. The molecule has 0 saturated carbocycles. The summed E-state index contributed by atoms with van der Waals surface area (Å²) < 4.78 is 56.1. The maximum atomic E-state index is 13.1. The number of alkyl halides is 3. The summed E-state index contributed by atoms with van der Waals surface area (Å²) in [5, 5.41) is 2.56. The quantitative estimate of drug-likeness (QED) is 0.318. The van der Waals surface area contributed by atoms with Crippen LogP contribution in [0.2, 0.25) is 18.1 Å².